The Hall–Kier alpha value is -1.28. The molecule has 0 radical (unpaired) electrons. The zero-order chi connectivity index (χ0) is 17.5. The number of hydrogen-bond acceptors (Lipinski definition) is 2. The van der Waals surface area contributed by atoms with E-state index < -0.39 is 0 Å². The van der Waals surface area contributed by atoms with E-state index in [9.17, 15) is 0 Å². The summed E-state index contributed by atoms with van der Waals surface area (Å²) in [5.41, 5.74) is 2.54. The lowest BCUT2D eigenvalue weighted by Gasteiger charge is -2.34. The van der Waals surface area contributed by atoms with Crippen molar-refractivity contribution in [1.29, 1.82) is 0 Å². The number of fused-ring (bicyclic) bond motifs is 1. The first kappa shape index (κ1) is 21.0. The summed E-state index contributed by atoms with van der Waals surface area (Å²) in [5, 5.41) is 4.75. The molecule has 3 rings (SSSR count). The number of nitrogens with one attached hydrogen (secondary N) is 2. The van der Waals surface area contributed by atoms with Crippen molar-refractivity contribution in [1.82, 2.24) is 15.2 Å². The monoisotopic (exact) mass is 470 g/mol. The standard InChI is InChI=1S/C20H30N4O.HI/c1-3-21-20(24-13-10-17(11-14-24)25-4-2)22-12-9-16-15-23-19-8-6-5-7-18(16)19;/h5-8,15,17,23H,3-4,9-14H2,1-2H3,(H,21,22);1H. The molecule has 26 heavy (non-hydrogen) atoms. The third-order valence-electron chi connectivity index (χ3n) is 4.80. The smallest absolute Gasteiger partial charge is 0.193 e. The van der Waals surface area contributed by atoms with Crippen LogP contribution in [0.25, 0.3) is 10.9 Å². The van der Waals surface area contributed by atoms with E-state index in [0.29, 0.717) is 6.10 Å². The largest absolute Gasteiger partial charge is 0.378 e. The SMILES string of the molecule is CCNC(=NCCc1c[nH]c2ccccc12)N1CCC(OCC)CC1.I. The van der Waals surface area contributed by atoms with Crippen LogP contribution in [0, 0.1) is 0 Å². The minimum Gasteiger partial charge on any atom is -0.378 e. The van der Waals surface area contributed by atoms with E-state index in [1.54, 1.807) is 0 Å². The van der Waals surface area contributed by atoms with Gasteiger partial charge >= 0.3 is 0 Å². The van der Waals surface area contributed by atoms with Crippen LogP contribution in [0.15, 0.2) is 35.5 Å². The van der Waals surface area contributed by atoms with Crippen molar-refractivity contribution < 1.29 is 4.74 Å². The molecule has 0 aliphatic carbocycles. The zero-order valence-corrected chi connectivity index (χ0v) is 18.2. The highest BCUT2D eigenvalue weighted by atomic mass is 127. The maximum atomic E-state index is 5.75. The van der Waals surface area contributed by atoms with Gasteiger partial charge in [-0.05, 0) is 44.7 Å². The molecule has 2 aromatic rings. The van der Waals surface area contributed by atoms with Crippen LogP contribution in [0.3, 0.4) is 0 Å². The molecular weight excluding hydrogens is 439 g/mol. The highest BCUT2D eigenvalue weighted by molar-refractivity contribution is 14.0. The molecule has 6 heteroatoms. The molecule has 1 aromatic heterocycles. The number of hydrogen-bond donors (Lipinski definition) is 2. The number of para-hydroxylation sites is 1. The maximum Gasteiger partial charge on any atom is 0.193 e. The number of aliphatic imine (C=N–C) groups is 1. The fraction of sp³-hybridized carbons (Fsp3) is 0.550. The molecular formula is C20H31IN4O. The van der Waals surface area contributed by atoms with Gasteiger partial charge in [0, 0.05) is 49.9 Å². The van der Waals surface area contributed by atoms with Crippen LogP contribution in [0.4, 0.5) is 0 Å². The van der Waals surface area contributed by atoms with Gasteiger partial charge in [0.1, 0.15) is 0 Å². The van der Waals surface area contributed by atoms with E-state index in [-0.39, 0.29) is 24.0 Å². The fourth-order valence-electron chi connectivity index (χ4n) is 3.52. The number of benzene rings is 1. The molecule has 1 aromatic carbocycles. The molecule has 2 heterocycles. The van der Waals surface area contributed by atoms with Crippen LogP contribution in [-0.4, -0.2) is 54.7 Å². The van der Waals surface area contributed by atoms with Crippen LogP contribution >= 0.6 is 24.0 Å². The van der Waals surface area contributed by atoms with E-state index in [1.807, 2.05) is 0 Å². The predicted octanol–water partition coefficient (Wildman–Crippen LogP) is 3.79. The van der Waals surface area contributed by atoms with Crippen LogP contribution in [0.2, 0.25) is 0 Å². The predicted molar refractivity (Wildman–Crippen MR) is 120 cm³/mol. The van der Waals surface area contributed by atoms with Crippen molar-refractivity contribution in [3.8, 4) is 0 Å². The first-order valence-electron chi connectivity index (χ1n) is 9.51. The number of piperidine rings is 1. The number of ether oxygens (including phenoxy) is 1. The molecule has 1 aliphatic heterocycles. The second-order valence-corrected chi connectivity index (χ2v) is 6.49. The van der Waals surface area contributed by atoms with Crippen LogP contribution in [0.5, 0.6) is 0 Å². The van der Waals surface area contributed by atoms with Gasteiger partial charge in [0.05, 0.1) is 6.10 Å². The molecule has 144 valence electrons. The van der Waals surface area contributed by atoms with E-state index in [2.05, 4.69) is 59.5 Å². The summed E-state index contributed by atoms with van der Waals surface area (Å²) in [5.74, 6) is 1.04. The number of aromatic nitrogens is 1. The summed E-state index contributed by atoms with van der Waals surface area (Å²) < 4.78 is 5.75. The van der Waals surface area contributed by atoms with Crippen LogP contribution in [-0.2, 0) is 11.2 Å². The summed E-state index contributed by atoms with van der Waals surface area (Å²) >= 11 is 0. The van der Waals surface area contributed by atoms with Crippen LogP contribution in [0.1, 0.15) is 32.3 Å². The van der Waals surface area contributed by atoms with E-state index in [1.165, 1.54) is 16.5 Å². The normalized spacial score (nSPS) is 15.9. The Balaban J connectivity index is 0.00000243. The van der Waals surface area contributed by atoms with Crippen molar-refractivity contribution in [3.63, 3.8) is 0 Å². The Morgan fingerprint density at radius 1 is 1.27 bits per heavy atom. The number of nitrogens with zero attached hydrogens (tertiary/aromatic N) is 2. The lowest BCUT2D eigenvalue weighted by atomic mass is 10.1. The topological polar surface area (TPSA) is 52.7 Å². The van der Waals surface area contributed by atoms with Gasteiger partial charge in [-0.2, -0.15) is 0 Å². The van der Waals surface area contributed by atoms with Crippen molar-refractivity contribution in [2.75, 3.05) is 32.8 Å². The Morgan fingerprint density at radius 3 is 2.77 bits per heavy atom. The van der Waals surface area contributed by atoms with Gasteiger partial charge in [-0.15, -0.1) is 24.0 Å². The fourth-order valence-corrected chi connectivity index (χ4v) is 3.52. The van der Waals surface area contributed by atoms with E-state index >= 15 is 0 Å². The zero-order valence-electron chi connectivity index (χ0n) is 15.8. The average molecular weight is 470 g/mol. The Kier molecular flexibility index (Phi) is 8.71. The molecule has 1 aliphatic rings. The van der Waals surface area contributed by atoms with Gasteiger partial charge in [-0.3, -0.25) is 4.99 Å². The highest BCUT2D eigenvalue weighted by Crippen LogP contribution is 2.18. The number of H-pyrrole nitrogens is 1. The molecule has 0 bridgehead atoms. The molecule has 0 unspecified atom stereocenters. The second kappa shape index (κ2) is 10.8. The first-order valence-corrected chi connectivity index (χ1v) is 9.51. The van der Waals surface area contributed by atoms with Gasteiger partial charge in [-0.1, -0.05) is 18.2 Å². The Bertz CT molecular complexity index is 692. The third-order valence-corrected chi connectivity index (χ3v) is 4.80. The van der Waals surface area contributed by atoms with Crippen molar-refractivity contribution in [3.05, 3.63) is 36.0 Å². The van der Waals surface area contributed by atoms with E-state index in [0.717, 1.165) is 58.0 Å². The average Bonchev–Trinajstić information content (AvgIpc) is 3.05. The lowest BCUT2D eigenvalue weighted by molar-refractivity contribution is 0.0264. The number of aromatic amines is 1. The van der Waals surface area contributed by atoms with Crippen molar-refractivity contribution in [2.24, 2.45) is 4.99 Å². The molecule has 1 saturated heterocycles. The summed E-state index contributed by atoms with van der Waals surface area (Å²) in [4.78, 5) is 10.6. The quantitative estimate of drug-likeness (QED) is 0.384. The third kappa shape index (κ3) is 5.36. The van der Waals surface area contributed by atoms with Gasteiger partial charge in [0.25, 0.3) is 0 Å². The maximum absolute atomic E-state index is 5.75. The second-order valence-electron chi connectivity index (χ2n) is 6.49. The molecule has 0 atom stereocenters. The first-order chi connectivity index (χ1) is 12.3. The summed E-state index contributed by atoms with van der Waals surface area (Å²) in [6.45, 7) is 8.74. The van der Waals surface area contributed by atoms with Gasteiger partial charge in [0.15, 0.2) is 5.96 Å². The number of halogens is 1. The molecule has 0 amide bonds. The Labute approximate surface area is 173 Å². The molecule has 0 spiro atoms. The summed E-state index contributed by atoms with van der Waals surface area (Å²) in [7, 11) is 0. The molecule has 5 nitrogen and oxygen atoms in total. The molecule has 1 fully saturated rings. The minimum absolute atomic E-state index is 0. The van der Waals surface area contributed by atoms with Crippen LogP contribution < -0.4 is 5.32 Å². The van der Waals surface area contributed by atoms with Gasteiger partial charge < -0.3 is 19.9 Å². The number of likely N-dealkylation sites (tertiary alicyclic amines) is 1. The van der Waals surface area contributed by atoms with Crippen molar-refractivity contribution in [2.45, 2.75) is 39.2 Å². The van der Waals surface area contributed by atoms with Gasteiger partial charge in [-0.25, -0.2) is 0 Å². The summed E-state index contributed by atoms with van der Waals surface area (Å²) in [6, 6.07) is 8.45. The number of rotatable bonds is 6. The molecule has 2 N–H and O–H groups in total. The molecule has 0 saturated carbocycles. The lowest BCUT2D eigenvalue weighted by Crippen LogP contribution is -2.47. The van der Waals surface area contributed by atoms with Crippen molar-refractivity contribution >= 4 is 40.8 Å². The Morgan fingerprint density at radius 2 is 2.04 bits per heavy atom. The summed E-state index contributed by atoms with van der Waals surface area (Å²) in [6.07, 6.45) is 5.64. The number of guanidine groups is 1. The highest BCUT2D eigenvalue weighted by Gasteiger charge is 2.21. The minimum atomic E-state index is 0. The van der Waals surface area contributed by atoms with Gasteiger partial charge in [0.2, 0.25) is 0 Å². The van der Waals surface area contributed by atoms with E-state index in [4.69, 9.17) is 9.73 Å².